The summed E-state index contributed by atoms with van der Waals surface area (Å²) in [5.41, 5.74) is 0. The maximum atomic E-state index is 7.31. The number of piperidine rings is 1. The van der Waals surface area contributed by atoms with Crippen LogP contribution >= 0.6 is 0 Å². The first kappa shape index (κ1) is 22.2. The van der Waals surface area contributed by atoms with E-state index in [2.05, 4.69) is 97.9 Å². The average molecular weight is 377 g/mol. The van der Waals surface area contributed by atoms with Gasteiger partial charge in [-0.15, -0.1) is 0 Å². The van der Waals surface area contributed by atoms with Crippen molar-refractivity contribution in [2.45, 2.75) is 19.3 Å². The minimum absolute atomic E-state index is 1.13. The molecule has 0 aromatic rings. The first-order valence-corrected chi connectivity index (χ1v) is 12.4. The van der Waals surface area contributed by atoms with Crippen LogP contribution in [0.4, 0.5) is 0 Å². The zero-order valence-electron chi connectivity index (χ0n) is 17.6. The molecule has 0 unspecified atom stereocenters. The zero-order chi connectivity index (χ0) is 18.7. The van der Waals surface area contributed by atoms with E-state index in [9.17, 15) is 0 Å². The van der Waals surface area contributed by atoms with Crippen molar-refractivity contribution in [3.05, 3.63) is 0 Å². The summed E-state index contributed by atoms with van der Waals surface area (Å²) in [6.45, 7) is 2.25. The predicted octanol–water partition coefficient (Wildman–Crippen LogP) is 0.168. The van der Waals surface area contributed by atoms with E-state index in [4.69, 9.17) is 4.12 Å². The van der Waals surface area contributed by atoms with Gasteiger partial charge in [0.05, 0.1) is 0 Å². The summed E-state index contributed by atoms with van der Waals surface area (Å²) in [4.78, 5) is 0. The number of hydrogen-bond acceptors (Lipinski definition) is 7. The molecule has 0 radical (unpaired) electrons. The van der Waals surface area contributed by atoms with Crippen LogP contribution < -0.4 is 0 Å². The fourth-order valence-corrected chi connectivity index (χ4v) is 14.9. The van der Waals surface area contributed by atoms with Crippen LogP contribution in [0.1, 0.15) is 19.3 Å². The molecule has 0 spiro atoms. The molecule has 0 saturated carbocycles. The van der Waals surface area contributed by atoms with E-state index in [0.29, 0.717) is 0 Å². The summed E-state index contributed by atoms with van der Waals surface area (Å²) in [7, 11) is 16.7. The smallest absolute Gasteiger partial charge is 0.384 e. The van der Waals surface area contributed by atoms with Crippen LogP contribution in [0, 0.1) is 0 Å². The van der Waals surface area contributed by atoms with Crippen LogP contribution in [0.15, 0.2) is 0 Å². The second-order valence-electron chi connectivity index (χ2n) is 7.77. The fraction of sp³-hybridized carbons (Fsp3) is 1.00. The van der Waals surface area contributed by atoms with Gasteiger partial charge in [0.15, 0.2) is 0 Å². The number of rotatable bonds is 8. The molecule has 0 atom stereocenters. The molecule has 144 valence electrons. The molecule has 1 saturated heterocycles. The maximum absolute atomic E-state index is 7.31. The van der Waals surface area contributed by atoms with Crippen molar-refractivity contribution >= 4 is 17.6 Å². The van der Waals surface area contributed by atoms with Gasteiger partial charge in [0.1, 0.15) is 0 Å². The van der Waals surface area contributed by atoms with Crippen LogP contribution in [0.2, 0.25) is 0 Å². The van der Waals surface area contributed by atoms with Crippen LogP contribution in [0.25, 0.3) is 0 Å². The Morgan fingerprint density at radius 1 is 0.583 bits per heavy atom. The van der Waals surface area contributed by atoms with Gasteiger partial charge >= 0.3 is 17.6 Å². The van der Waals surface area contributed by atoms with E-state index in [1.807, 2.05) is 0 Å². The lowest BCUT2D eigenvalue weighted by Crippen LogP contribution is -2.84. The van der Waals surface area contributed by atoms with Crippen molar-refractivity contribution < 1.29 is 4.12 Å². The van der Waals surface area contributed by atoms with Gasteiger partial charge in [0.2, 0.25) is 0 Å². The summed E-state index contributed by atoms with van der Waals surface area (Å²) in [6, 6.07) is 0. The molecule has 0 aliphatic carbocycles. The molecule has 0 N–H and O–H groups in total. The van der Waals surface area contributed by atoms with E-state index >= 15 is 0 Å². The third-order valence-electron chi connectivity index (χ3n) is 4.95. The van der Waals surface area contributed by atoms with E-state index in [1.54, 1.807) is 0 Å². The monoisotopic (exact) mass is 376 g/mol. The summed E-state index contributed by atoms with van der Waals surface area (Å²) in [6.07, 6.45) is 3.86. The van der Waals surface area contributed by atoms with Crippen molar-refractivity contribution in [1.82, 2.24) is 27.4 Å². The molecule has 9 heteroatoms. The lowest BCUT2D eigenvalue weighted by Gasteiger charge is -2.56. The zero-order valence-corrected chi connectivity index (χ0v) is 19.6. The van der Waals surface area contributed by atoms with Crippen molar-refractivity contribution in [2.75, 3.05) is 83.6 Å². The summed E-state index contributed by atoms with van der Waals surface area (Å²) >= 11 is 0. The van der Waals surface area contributed by atoms with Gasteiger partial charge in [-0.05, 0) is 96.4 Å². The van der Waals surface area contributed by atoms with Gasteiger partial charge in [0, 0.05) is 0 Å². The number of hydrogen-bond donors (Lipinski definition) is 0. The third-order valence-corrected chi connectivity index (χ3v) is 14.2. The highest BCUT2D eigenvalue weighted by atomic mass is 28.5. The molecule has 0 aromatic carbocycles. The standard InChI is InChI=1S/C15H40N6OSi2/c1-16(2)23(17(3)4,18(5)6)22-24(19(7)8,20(9)10)21-14-12-11-13-15-21/h11-15H2,1-10H3. The van der Waals surface area contributed by atoms with E-state index in [-0.39, 0.29) is 0 Å². The predicted molar refractivity (Wildman–Crippen MR) is 106 cm³/mol. The maximum Gasteiger partial charge on any atom is 0.439 e. The minimum Gasteiger partial charge on any atom is -0.384 e. The second-order valence-corrected chi connectivity index (χ2v) is 16.0. The van der Waals surface area contributed by atoms with Gasteiger partial charge in [-0.25, -0.2) is 0 Å². The highest BCUT2D eigenvalue weighted by Gasteiger charge is 2.59. The lowest BCUT2D eigenvalue weighted by molar-refractivity contribution is 0.148. The van der Waals surface area contributed by atoms with Gasteiger partial charge < -0.3 is 4.12 Å². The number of nitrogens with zero attached hydrogens (tertiary/aromatic N) is 6. The van der Waals surface area contributed by atoms with Crippen molar-refractivity contribution in [3.63, 3.8) is 0 Å². The van der Waals surface area contributed by atoms with E-state index in [0.717, 1.165) is 13.1 Å². The first-order valence-electron chi connectivity index (χ1n) is 8.85. The topological polar surface area (TPSA) is 28.7 Å². The largest absolute Gasteiger partial charge is 0.439 e. The highest BCUT2D eigenvalue weighted by molar-refractivity contribution is 6.79. The SMILES string of the molecule is CN(C)[Si](O[Si](N(C)C)(N(C)C)N1CCCCC1)(N(C)C)N(C)C. The summed E-state index contributed by atoms with van der Waals surface area (Å²) < 4.78 is 21.5. The molecule has 0 amide bonds. The molecule has 0 aromatic heterocycles. The van der Waals surface area contributed by atoms with Crippen LogP contribution in [-0.4, -0.2) is 129 Å². The molecule has 1 fully saturated rings. The van der Waals surface area contributed by atoms with Crippen molar-refractivity contribution in [1.29, 1.82) is 0 Å². The van der Waals surface area contributed by atoms with E-state index in [1.165, 1.54) is 19.3 Å². The average Bonchev–Trinajstić information content (AvgIpc) is 2.47. The molecule has 24 heavy (non-hydrogen) atoms. The molecule has 1 heterocycles. The van der Waals surface area contributed by atoms with Crippen LogP contribution in [0.3, 0.4) is 0 Å². The van der Waals surface area contributed by atoms with Crippen molar-refractivity contribution in [3.8, 4) is 0 Å². The Hall–Kier alpha value is 0.154. The lowest BCUT2D eigenvalue weighted by atomic mass is 10.2. The molecule has 1 aliphatic heterocycles. The van der Waals surface area contributed by atoms with Gasteiger partial charge in [0.25, 0.3) is 0 Å². The van der Waals surface area contributed by atoms with Gasteiger partial charge in [-0.2, -0.15) is 0 Å². The molecular weight excluding hydrogens is 336 g/mol. The molecule has 0 bridgehead atoms. The Kier molecular flexibility index (Phi) is 8.04. The second kappa shape index (κ2) is 8.69. The Labute approximate surface area is 152 Å². The highest BCUT2D eigenvalue weighted by Crippen LogP contribution is 2.28. The summed E-state index contributed by atoms with van der Waals surface area (Å²) in [5, 5.41) is 0. The molecule has 1 rings (SSSR count). The van der Waals surface area contributed by atoms with Gasteiger partial charge in [-0.1, -0.05) is 6.42 Å². The fourth-order valence-electron chi connectivity index (χ4n) is 4.06. The molecule has 1 aliphatic rings. The third kappa shape index (κ3) is 3.94. The van der Waals surface area contributed by atoms with Gasteiger partial charge in [-0.3, -0.25) is 27.4 Å². The molecule has 7 nitrogen and oxygen atoms in total. The normalized spacial score (nSPS) is 18.6. The quantitative estimate of drug-likeness (QED) is 0.558. The Bertz CT molecular complexity index is 356. The Balaban J connectivity index is 3.41. The first-order chi connectivity index (χ1) is 11.0. The Morgan fingerprint density at radius 3 is 1.25 bits per heavy atom. The van der Waals surface area contributed by atoms with Crippen LogP contribution in [-0.2, 0) is 4.12 Å². The molecular formula is C15H40N6OSi2. The summed E-state index contributed by atoms with van der Waals surface area (Å²) in [5.74, 6) is 0. The van der Waals surface area contributed by atoms with E-state index < -0.39 is 17.6 Å². The minimum atomic E-state index is -2.44. The van der Waals surface area contributed by atoms with Crippen LogP contribution in [0.5, 0.6) is 0 Å². The Morgan fingerprint density at radius 2 is 0.958 bits per heavy atom. The van der Waals surface area contributed by atoms with Crippen molar-refractivity contribution in [2.24, 2.45) is 0 Å².